The van der Waals surface area contributed by atoms with Gasteiger partial charge in [0.25, 0.3) is 0 Å². The number of nitrogens with zero attached hydrogens (tertiary/aromatic N) is 1. The van der Waals surface area contributed by atoms with Crippen LogP contribution in [0.1, 0.15) is 61.7 Å². The van der Waals surface area contributed by atoms with Gasteiger partial charge in [0.1, 0.15) is 6.04 Å². The van der Waals surface area contributed by atoms with Gasteiger partial charge in [-0.15, -0.1) is 0 Å². The first-order chi connectivity index (χ1) is 20.3. The maximum absolute atomic E-state index is 13.4. The third-order valence-corrected chi connectivity index (χ3v) is 6.84. The zero-order chi connectivity index (χ0) is 30.6. The number of carbonyl (C=O) groups is 3. The van der Waals surface area contributed by atoms with Crippen LogP contribution < -0.4 is 38.9 Å². The fraction of sp³-hybridized carbons (Fsp3) is 0.484. The van der Waals surface area contributed by atoms with Crippen LogP contribution in [0.25, 0.3) is 11.1 Å². The number of carbonyl (C=O) groups excluding carboxylic acids is 3. The van der Waals surface area contributed by atoms with Crippen molar-refractivity contribution in [3.05, 3.63) is 60.2 Å². The summed E-state index contributed by atoms with van der Waals surface area (Å²) in [6.45, 7) is 1.93. The number of benzene rings is 2. The summed E-state index contributed by atoms with van der Waals surface area (Å²) in [6.07, 6.45) is 5.27. The molecule has 0 unspecified atom stereocenters. The molecule has 11 nitrogen and oxygen atoms in total. The first-order valence-corrected chi connectivity index (χ1v) is 14.8. The van der Waals surface area contributed by atoms with Crippen LogP contribution in [0.4, 0.5) is 0 Å². The number of amides is 2. The van der Waals surface area contributed by atoms with Crippen LogP contribution in [0.2, 0.25) is 0 Å². The average molecular weight is 581 g/mol. The van der Waals surface area contributed by atoms with Gasteiger partial charge in [-0.2, -0.15) is 0 Å². The van der Waals surface area contributed by atoms with Gasteiger partial charge in [-0.3, -0.25) is 24.7 Å². The SMILES string of the molecule is NCCCC[C@H](NCC(=O)c1ccc(-c2ccccc2)cc1)C(=O)N[C@@H](CCCCN)C(=O)NCCCCN=C(N)N. The molecular weight excluding hydrogens is 532 g/mol. The zero-order valence-electron chi connectivity index (χ0n) is 24.5. The van der Waals surface area contributed by atoms with E-state index in [1.54, 1.807) is 12.1 Å². The molecule has 0 saturated carbocycles. The summed E-state index contributed by atoms with van der Waals surface area (Å²) in [6, 6.07) is 16.0. The second-order valence-corrected chi connectivity index (χ2v) is 10.2. The molecule has 0 aromatic heterocycles. The maximum Gasteiger partial charge on any atom is 0.242 e. The smallest absolute Gasteiger partial charge is 0.242 e. The number of Topliss-reactive ketones (excluding diaryl/α,β-unsaturated/α-hetero) is 1. The summed E-state index contributed by atoms with van der Waals surface area (Å²) >= 11 is 0. The van der Waals surface area contributed by atoms with E-state index >= 15 is 0 Å². The summed E-state index contributed by atoms with van der Waals surface area (Å²) in [7, 11) is 0. The first-order valence-electron chi connectivity index (χ1n) is 14.8. The van der Waals surface area contributed by atoms with Crippen molar-refractivity contribution in [1.29, 1.82) is 0 Å². The third-order valence-electron chi connectivity index (χ3n) is 6.84. The Kier molecular flexibility index (Phi) is 16.5. The molecule has 0 radical (unpaired) electrons. The number of nitrogens with two attached hydrogens (primary N) is 4. The van der Waals surface area contributed by atoms with Gasteiger partial charge in [-0.25, -0.2) is 0 Å². The van der Waals surface area contributed by atoms with Crippen LogP contribution in [-0.2, 0) is 9.59 Å². The Morgan fingerprint density at radius 2 is 1.33 bits per heavy atom. The van der Waals surface area contributed by atoms with Crippen LogP contribution in [0.5, 0.6) is 0 Å². The molecule has 0 fully saturated rings. The van der Waals surface area contributed by atoms with Crippen molar-refractivity contribution >= 4 is 23.6 Å². The average Bonchev–Trinajstić information content (AvgIpc) is 3.00. The van der Waals surface area contributed by atoms with Crippen LogP contribution in [-0.4, -0.2) is 68.4 Å². The lowest BCUT2D eigenvalue weighted by Crippen LogP contribution is -2.53. The Morgan fingerprint density at radius 3 is 1.95 bits per heavy atom. The molecule has 0 bridgehead atoms. The quantitative estimate of drug-likeness (QED) is 0.0496. The largest absolute Gasteiger partial charge is 0.370 e. The highest BCUT2D eigenvalue weighted by Gasteiger charge is 2.25. The van der Waals surface area contributed by atoms with E-state index < -0.39 is 12.1 Å². The van der Waals surface area contributed by atoms with Crippen LogP contribution >= 0.6 is 0 Å². The number of guanidine groups is 1. The van der Waals surface area contributed by atoms with Crippen LogP contribution in [0, 0.1) is 0 Å². The molecule has 11 heteroatoms. The lowest BCUT2D eigenvalue weighted by Gasteiger charge is -2.23. The van der Waals surface area contributed by atoms with Gasteiger partial charge in [0.15, 0.2) is 11.7 Å². The van der Waals surface area contributed by atoms with Crippen molar-refractivity contribution in [2.24, 2.45) is 27.9 Å². The van der Waals surface area contributed by atoms with Gasteiger partial charge in [-0.05, 0) is 69.2 Å². The molecule has 2 amide bonds. The highest BCUT2D eigenvalue weighted by atomic mass is 16.2. The van der Waals surface area contributed by atoms with E-state index in [0.29, 0.717) is 63.8 Å². The summed E-state index contributed by atoms with van der Waals surface area (Å²) in [4.78, 5) is 43.2. The molecule has 230 valence electrons. The van der Waals surface area contributed by atoms with E-state index in [4.69, 9.17) is 22.9 Å². The number of nitrogens with one attached hydrogen (secondary N) is 3. The normalized spacial score (nSPS) is 12.2. The zero-order valence-corrected chi connectivity index (χ0v) is 24.5. The molecule has 2 aromatic rings. The molecule has 0 aliphatic rings. The second kappa shape index (κ2) is 20.1. The summed E-state index contributed by atoms with van der Waals surface area (Å²) in [5, 5.41) is 8.93. The molecule has 2 atom stereocenters. The monoisotopic (exact) mass is 580 g/mol. The van der Waals surface area contributed by atoms with E-state index in [2.05, 4.69) is 20.9 Å². The van der Waals surface area contributed by atoms with Crippen LogP contribution in [0.15, 0.2) is 59.6 Å². The van der Waals surface area contributed by atoms with E-state index in [0.717, 1.165) is 30.4 Å². The van der Waals surface area contributed by atoms with E-state index in [1.807, 2.05) is 42.5 Å². The van der Waals surface area contributed by atoms with Crippen molar-refractivity contribution in [3.63, 3.8) is 0 Å². The molecule has 42 heavy (non-hydrogen) atoms. The van der Waals surface area contributed by atoms with Crippen molar-refractivity contribution in [1.82, 2.24) is 16.0 Å². The Hall–Kier alpha value is -3.80. The van der Waals surface area contributed by atoms with Gasteiger partial charge >= 0.3 is 0 Å². The minimum absolute atomic E-state index is 0.00870. The summed E-state index contributed by atoms with van der Waals surface area (Å²) in [5.41, 5.74) is 24.6. The topological polar surface area (TPSA) is 204 Å². The van der Waals surface area contributed by atoms with Gasteiger partial charge in [0, 0.05) is 18.7 Å². The van der Waals surface area contributed by atoms with Crippen molar-refractivity contribution in [2.45, 2.75) is 63.5 Å². The highest BCUT2D eigenvalue weighted by Crippen LogP contribution is 2.19. The molecule has 0 aliphatic heterocycles. The molecule has 2 aromatic carbocycles. The Morgan fingerprint density at radius 1 is 0.714 bits per heavy atom. The number of hydrogen-bond donors (Lipinski definition) is 7. The van der Waals surface area contributed by atoms with Crippen molar-refractivity contribution in [3.8, 4) is 11.1 Å². The Balaban J connectivity index is 1.99. The van der Waals surface area contributed by atoms with Crippen LogP contribution in [0.3, 0.4) is 0 Å². The van der Waals surface area contributed by atoms with E-state index in [-0.39, 0.29) is 30.1 Å². The van der Waals surface area contributed by atoms with Gasteiger partial charge in [0.2, 0.25) is 11.8 Å². The minimum atomic E-state index is -0.707. The molecule has 0 spiro atoms. The second-order valence-electron chi connectivity index (χ2n) is 10.2. The number of ketones is 1. The van der Waals surface area contributed by atoms with E-state index in [1.165, 1.54) is 0 Å². The molecule has 2 rings (SSSR count). The number of unbranched alkanes of at least 4 members (excludes halogenated alkanes) is 3. The summed E-state index contributed by atoms with van der Waals surface area (Å²) in [5.74, 6) is -0.652. The fourth-order valence-electron chi connectivity index (χ4n) is 4.43. The fourth-order valence-corrected chi connectivity index (χ4v) is 4.43. The minimum Gasteiger partial charge on any atom is -0.370 e. The third kappa shape index (κ3) is 13.2. The molecule has 0 saturated heterocycles. The molecule has 11 N–H and O–H groups in total. The predicted molar refractivity (Wildman–Crippen MR) is 169 cm³/mol. The molecule has 0 heterocycles. The maximum atomic E-state index is 13.4. The molecule has 0 aliphatic carbocycles. The lowest BCUT2D eigenvalue weighted by molar-refractivity contribution is -0.130. The van der Waals surface area contributed by atoms with Gasteiger partial charge in [0.05, 0.1) is 12.6 Å². The number of rotatable bonds is 21. The van der Waals surface area contributed by atoms with Gasteiger partial charge in [-0.1, -0.05) is 61.0 Å². The van der Waals surface area contributed by atoms with Crippen molar-refractivity contribution < 1.29 is 14.4 Å². The summed E-state index contributed by atoms with van der Waals surface area (Å²) < 4.78 is 0. The Bertz CT molecular complexity index is 1100. The standard InChI is InChI=1S/C31H48N8O3/c32-18-6-4-12-26(38-22-28(40)25-16-14-24(15-17-25)23-10-2-1-3-11-23)30(42)39-27(13-5-7-19-33)29(41)36-20-8-9-21-37-31(34)35/h1-3,10-11,14-17,26-27,38H,4-9,12-13,18-22,32-33H2,(H,36,41)(H,39,42)(H4,34,35,37)/t26-,27-/m0/s1. The Labute approximate surface area is 249 Å². The molecular formula is C31H48N8O3. The predicted octanol–water partition coefficient (Wildman–Crippen LogP) is 1.41. The first kappa shape index (κ1) is 34.4. The highest BCUT2D eigenvalue weighted by molar-refractivity contribution is 5.98. The van der Waals surface area contributed by atoms with Crippen molar-refractivity contribution in [2.75, 3.05) is 32.7 Å². The number of hydrogen-bond acceptors (Lipinski definition) is 7. The van der Waals surface area contributed by atoms with Gasteiger partial charge < -0.3 is 33.6 Å². The lowest BCUT2D eigenvalue weighted by atomic mass is 10.0. The number of aliphatic imine (C=N–C) groups is 1. The van der Waals surface area contributed by atoms with E-state index in [9.17, 15) is 14.4 Å².